The second-order valence-corrected chi connectivity index (χ2v) is 4.37. The number of amides is 1. The smallest absolute Gasteiger partial charge is 0.222 e. The Kier molecular flexibility index (Phi) is 2.07. The molecule has 0 spiro atoms. The quantitative estimate of drug-likeness (QED) is 0.737. The van der Waals surface area contributed by atoms with Crippen molar-refractivity contribution in [3.8, 4) is 0 Å². The summed E-state index contributed by atoms with van der Waals surface area (Å²) in [5.41, 5.74) is 2.08. The molecule has 1 amide bonds. The molecule has 1 aliphatic heterocycles. The predicted molar refractivity (Wildman–Crippen MR) is 63.8 cm³/mol. The van der Waals surface area contributed by atoms with E-state index in [0.29, 0.717) is 17.7 Å². The first kappa shape index (κ1) is 9.59. The van der Waals surface area contributed by atoms with Crippen molar-refractivity contribution < 1.29 is 4.79 Å². The van der Waals surface area contributed by atoms with Crippen molar-refractivity contribution in [2.24, 2.45) is 0 Å². The van der Waals surface area contributed by atoms with Gasteiger partial charge in [-0.15, -0.1) is 0 Å². The molecule has 4 nitrogen and oxygen atoms in total. The lowest BCUT2D eigenvalue weighted by molar-refractivity contribution is -0.119. The van der Waals surface area contributed by atoms with Crippen molar-refractivity contribution in [2.45, 2.75) is 12.5 Å². The first-order valence-electron chi connectivity index (χ1n) is 5.21. The van der Waals surface area contributed by atoms with Crippen LogP contribution in [0.4, 0.5) is 0 Å². The summed E-state index contributed by atoms with van der Waals surface area (Å²) < 4.78 is 2.71. The summed E-state index contributed by atoms with van der Waals surface area (Å²) in [6.45, 7) is 0.662. The lowest BCUT2D eigenvalue weighted by atomic mass is 10.2. The number of nitrogens with one attached hydrogen (secondary N) is 2. The maximum Gasteiger partial charge on any atom is 0.222 e. The average molecular weight is 233 g/mol. The van der Waals surface area contributed by atoms with E-state index in [9.17, 15) is 4.79 Å². The molecule has 0 radical (unpaired) electrons. The van der Waals surface area contributed by atoms with Crippen molar-refractivity contribution in [1.29, 1.82) is 0 Å². The number of hydrogen-bond donors (Lipinski definition) is 2. The minimum Gasteiger partial charge on any atom is -0.354 e. The van der Waals surface area contributed by atoms with Gasteiger partial charge in [-0.3, -0.25) is 4.79 Å². The molecule has 1 aromatic heterocycles. The fourth-order valence-corrected chi connectivity index (χ4v) is 2.57. The number of imidazole rings is 1. The molecule has 2 N–H and O–H groups in total. The Morgan fingerprint density at radius 1 is 1.38 bits per heavy atom. The second kappa shape index (κ2) is 3.45. The molecule has 1 unspecified atom stereocenters. The van der Waals surface area contributed by atoms with Crippen LogP contribution < -0.4 is 5.32 Å². The minimum atomic E-state index is 0.0946. The van der Waals surface area contributed by atoms with Gasteiger partial charge in [0.2, 0.25) is 5.91 Å². The molecule has 5 heteroatoms. The summed E-state index contributed by atoms with van der Waals surface area (Å²) in [6, 6.07) is 8.09. The van der Waals surface area contributed by atoms with Gasteiger partial charge >= 0.3 is 0 Å². The molecule has 0 aliphatic carbocycles. The Hall–Kier alpha value is -1.62. The van der Waals surface area contributed by atoms with Crippen LogP contribution in [0.5, 0.6) is 0 Å². The summed E-state index contributed by atoms with van der Waals surface area (Å²) in [6.07, 6.45) is 0.510. The largest absolute Gasteiger partial charge is 0.354 e. The minimum absolute atomic E-state index is 0.0946. The second-order valence-electron chi connectivity index (χ2n) is 3.98. The predicted octanol–water partition coefficient (Wildman–Crippen LogP) is 1.76. The summed E-state index contributed by atoms with van der Waals surface area (Å²) in [7, 11) is 0. The number of benzene rings is 1. The lowest BCUT2D eigenvalue weighted by Gasteiger charge is -2.10. The zero-order chi connectivity index (χ0) is 11.1. The van der Waals surface area contributed by atoms with E-state index in [0.717, 1.165) is 11.0 Å². The molecule has 1 aliphatic rings. The van der Waals surface area contributed by atoms with Crippen LogP contribution in [0.15, 0.2) is 24.3 Å². The van der Waals surface area contributed by atoms with Gasteiger partial charge in [-0.2, -0.15) is 0 Å². The van der Waals surface area contributed by atoms with Gasteiger partial charge in [0.05, 0.1) is 17.1 Å². The van der Waals surface area contributed by atoms with Crippen LogP contribution in [0.25, 0.3) is 11.0 Å². The monoisotopic (exact) mass is 233 g/mol. The highest BCUT2D eigenvalue weighted by Gasteiger charge is 2.24. The fourth-order valence-electron chi connectivity index (χ4n) is 2.21. The van der Waals surface area contributed by atoms with Crippen molar-refractivity contribution in [3.63, 3.8) is 0 Å². The summed E-state index contributed by atoms with van der Waals surface area (Å²) >= 11 is 5.30. The van der Waals surface area contributed by atoms with E-state index in [1.807, 2.05) is 28.8 Å². The number of para-hydroxylation sites is 2. The molecule has 0 saturated carbocycles. The number of rotatable bonds is 1. The molecule has 1 saturated heterocycles. The van der Waals surface area contributed by atoms with E-state index in [1.54, 1.807) is 0 Å². The number of carbonyl (C=O) groups is 1. The first-order valence-corrected chi connectivity index (χ1v) is 5.62. The zero-order valence-corrected chi connectivity index (χ0v) is 9.38. The normalized spacial score (nSPS) is 20.2. The van der Waals surface area contributed by atoms with Crippen LogP contribution in [-0.2, 0) is 4.79 Å². The molecular formula is C11H11N3OS. The average Bonchev–Trinajstić information content (AvgIpc) is 2.80. The molecule has 0 bridgehead atoms. The molecule has 82 valence electrons. The van der Waals surface area contributed by atoms with Gasteiger partial charge in [0.25, 0.3) is 0 Å². The summed E-state index contributed by atoms with van der Waals surface area (Å²) in [4.78, 5) is 14.4. The Morgan fingerprint density at radius 2 is 2.19 bits per heavy atom. The van der Waals surface area contributed by atoms with Crippen molar-refractivity contribution in [2.75, 3.05) is 6.54 Å². The fraction of sp³-hybridized carbons (Fsp3) is 0.273. The van der Waals surface area contributed by atoms with Gasteiger partial charge in [-0.05, 0) is 24.4 Å². The SMILES string of the molecule is O=C1CC(n2c(=S)[nH]c3ccccc32)CN1. The highest BCUT2D eigenvalue weighted by atomic mass is 32.1. The Balaban J connectivity index is 2.19. The zero-order valence-electron chi connectivity index (χ0n) is 8.56. The van der Waals surface area contributed by atoms with Gasteiger partial charge in [0, 0.05) is 13.0 Å². The van der Waals surface area contributed by atoms with Crippen molar-refractivity contribution in [1.82, 2.24) is 14.9 Å². The number of H-pyrrole nitrogens is 1. The highest BCUT2D eigenvalue weighted by molar-refractivity contribution is 7.71. The molecule has 3 rings (SSSR count). The number of carbonyl (C=O) groups excluding carboxylic acids is 1. The summed E-state index contributed by atoms with van der Waals surface area (Å²) in [5.74, 6) is 0.0946. The van der Waals surface area contributed by atoms with Gasteiger partial charge < -0.3 is 14.9 Å². The van der Waals surface area contributed by atoms with E-state index in [1.165, 1.54) is 0 Å². The first-order chi connectivity index (χ1) is 7.75. The Bertz CT molecular complexity index is 613. The molecule has 1 fully saturated rings. The Labute approximate surface area is 97.3 Å². The molecule has 16 heavy (non-hydrogen) atoms. The third-order valence-electron chi connectivity index (χ3n) is 2.95. The number of hydrogen-bond acceptors (Lipinski definition) is 2. The van der Waals surface area contributed by atoms with Crippen LogP contribution >= 0.6 is 12.2 Å². The van der Waals surface area contributed by atoms with Crippen molar-refractivity contribution >= 4 is 29.2 Å². The third kappa shape index (κ3) is 1.36. The van der Waals surface area contributed by atoms with Crippen LogP contribution in [-0.4, -0.2) is 22.0 Å². The van der Waals surface area contributed by atoms with E-state index in [2.05, 4.69) is 10.3 Å². The molecule has 1 aromatic carbocycles. The number of aromatic amines is 1. The van der Waals surface area contributed by atoms with Crippen LogP contribution in [0.2, 0.25) is 0 Å². The summed E-state index contributed by atoms with van der Waals surface area (Å²) in [5, 5.41) is 2.83. The molecule has 1 atom stereocenters. The maximum absolute atomic E-state index is 11.2. The van der Waals surface area contributed by atoms with Gasteiger partial charge in [0.15, 0.2) is 4.77 Å². The third-order valence-corrected chi connectivity index (χ3v) is 3.24. The number of aromatic nitrogens is 2. The van der Waals surface area contributed by atoms with Gasteiger partial charge in [0.1, 0.15) is 0 Å². The Morgan fingerprint density at radius 3 is 2.94 bits per heavy atom. The topological polar surface area (TPSA) is 49.8 Å². The van der Waals surface area contributed by atoms with E-state index < -0.39 is 0 Å². The van der Waals surface area contributed by atoms with E-state index in [4.69, 9.17) is 12.2 Å². The molecule has 2 aromatic rings. The van der Waals surface area contributed by atoms with Crippen LogP contribution in [0, 0.1) is 4.77 Å². The number of fused-ring (bicyclic) bond motifs is 1. The van der Waals surface area contributed by atoms with Crippen molar-refractivity contribution in [3.05, 3.63) is 29.0 Å². The highest BCUT2D eigenvalue weighted by Crippen LogP contribution is 2.23. The van der Waals surface area contributed by atoms with Crippen LogP contribution in [0.1, 0.15) is 12.5 Å². The van der Waals surface area contributed by atoms with Gasteiger partial charge in [-0.25, -0.2) is 0 Å². The van der Waals surface area contributed by atoms with E-state index >= 15 is 0 Å². The molecular weight excluding hydrogens is 222 g/mol. The van der Waals surface area contributed by atoms with Gasteiger partial charge in [-0.1, -0.05) is 12.1 Å². The molecule has 2 heterocycles. The van der Waals surface area contributed by atoms with E-state index in [-0.39, 0.29) is 11.9 Å². The standard InChI is InChI=1S/C11H11N3OS/c15-10-5-7(6-12-10)14-9-4-2-1-3-8(9)13-11(14)16/h1-4,7H,5-6H2,(H,12,15)(H,13,16). The van der Waals surface area contributed by atoms with Crippen LogP contribution in [0.3, 0.4) is 0 Å². The lowest BCUT2D eigenvalue weighted by Crippen LogP contribution is -2.15. The maximum atomic E-state index is 11.2. The number of nitrogens with zero attached hydrogens (tertiary/aromatic N) is 1.